The van der Waals surface area contributed by atoms with Gasteiger partial charge in [0.05, 0.1) is 12.1 Å². The number of anilines is 1. The molecule has 2 aromatic rings. The average molecular weight is 351 g/mol. The van der Waals surface area contributed by atoms with Crippen LogP contribution in [-0.2, 0) is 6.54 Å². The second kappa shape index (κ2) is 8.53. The average Bonchev–Trinajstić information content (AvgIpc) is 2.59. The van der Waals surface area contributed by atoms with Crippen LogP contribution >= 0.6 is 0 Å². The normalized spacial score (nSPS) is 12.7. The molecule has 0 aliphatic heterocycles. The lowest BCUT2D eigenvalue weighted by atomic mass is 9.90. The molecule has 0 atom stereocenters. The van der Waals surface area contributed by atoms with Crippen molar-refractivity contribution in [2.24, 2.45) is 4.99 Å². The van der Waals surface area contributed by atoms with Gasteiger partial charge in [0.25, 0.3) is 0 Å². The van der Waals surface area contributed by atoms with Gasteiger partial charge in [0, 0.05) is 11.4 Å². The third kappa shape index (κ3) is 4.97. The van der Waals surface area contributed by atoms with Crippen molar-refractivity contribution in [1.29, 1.82) is 0 Å². The molecule has 0 aromatic heterocycles. The quantitative estimate of drug-likeness (QED) is 0.546. The van der Waals surface area contributed by atoms with Crippen LogP contribution in [0.25, 0.3) is 0 Å². The van der Waals surface area contributed by atoms with Gasteiger partial charge in [-0.2, -0.15) is 0 Å². The molecule has 0 aliphatic rings. The number of nitrogens with zero attached hydrogens (tertiary/aromatic N) is 1. The first-order valence-corrected chi connectivity index (χ1v) is 9.68. The van der Waals surface area contributed by atoms with E-state index in [9.17, 15) is 0 Å². The highest BCUT2D eigenvalue weighted by Gasteiger charge is 2.25. The minimum Gasteiger partial charge on any atom is -0.374 e. The Morgan fingerprint density at radius 1 is 0.885 bits per heavy atom. The Morgan fingerprint density at radius 3 is 1.92 bits per heavy atom. The molecule has 0 bridgehead atoms. The van der Waals surface area contributed by atoms with Crippen molar-refractivity contribution < 1.29 is 0 Å². The van der Waals surface area contributed by atoms with Crippen LogP contribution in [0.5, 0.6) is 0 Å². The molecule has 1 N–H and O–H groups in total. The Labute approximate surface area is 159 Å². The number of rotatable bonds is 7. The van der Waals surface area contributed by atoms with Crippen molar-refractivity contribution in [3.63, 3.8) is 0 Å². The summed E-state index contributed by atoms with van der Waals surface area (Å²) in [5, 5.41) is 3.82. The zero-order valence-corrected chi connectivity index (χ0v) is 17.4. The number of benzene rings is 2. The first-order valence-electron chi connectivity index (χ1n) is 9.68. The van der Waals surface area contributed by atoms with E-state index in [4.69, 9.17) is 4.99 Å². The van der Waals surface area contributed by atoms with Crippen molar-refractivity contribution in [3.8, 4) is 0 Å². The third-order valence-electron chi connectivity index (χ3n) is 5.06. The maximum atomic E-state index is 4.87. The van der Waals surface area contributed by atoms with E-state index in [1.54, 1.807) is 0 Å². The van der Waals surface area contributed by atoms with Gasteiger partial charge in [0.1, 0.15) is 0 Å². The smallest absolute Gasteiger partial charge is 0.0693 e. The van der Waals surface area contributed by atoms with Crippen LogP contribution in [0, 0.1) is 0 Å². The molecule has 0 aliphatic carbocycles. The van der Waals surface area contributed by atoms with Crippen molar-refractivity contribution in [2.75, 3.05) is 5.32 Å². The highest BCUT2D eigenvalue weighted by Crippen LogP contribution is 2.34. The van der Waals surface area contributed by atoms with Gasteiger partial charge in [-0.05, 0) is 49.3 Å². The molecule has 0 saturated carbocycles. The molecule has 0 fully saturated rings. The summed E-state index contributed by atoms with van der Waals surface area (Å²) in [7, 11) is 0. The van der Waals surface area contributed by atoms with Crippen LogP contribution < -0.4 is 5.32 Å². The lowest BCUT2D eigenvalue weighted by Crippen LogP contribution is -2.39. The molecule has 2 nitrogen and oxygen atoms in total. The van der Waals surface area contributed by atoms with E-state index in [-0.39, 0.29) is 5.54 Å². The second-order valence-corrected chi connectivity index (χ2v) is 8.26. The van der Waals surface area contributed by atoms with Crippen molar-refractivity contribution in [2.45, 2.75) is 72.4 Å². The van der Waals surface area contributed by atoms with Crippen LogP contribution in [0.4, 0.5) is 5.69 Å². The summed E-state index contributed by atoms with van der Waals surface area (Å²) in [6.45, 7) is 16.3. The monoisotopic (exact) mass is 350 g/mol. The van der Waals surface area contributed by atoms with Gasteiger partial charge >= 0.3 is 0 Å². The molecule has 26 heavy (non-hydrogen) atoms. The van der Waals surface area contributed by atoms with Crippen LogP contribution in [-0.4, -0.2) is 11.3 Å². The Bertz CT molecular complexity index is 714. The topological polar surface area (TPSA) is 24.4 Å². The van der Waals surface area contributed by atoms with Gasteiger partial charge in [0.2, 0.25) is 0 Å². The fourth-order valence-electron chi connectivity index (χ4n) is 3.09. The first-order chi connectivity index (χ1) is 12.2. The summed E-state index contributed by atoms with van der Waals surface area (Å²) in [4.78, 5) is 4.87. The number of para-hydroxylation sites is 1. The minimum absolute atomic E-state index is 0.205. The third-order valence-corrected chi connectivity index (χ3v) is 5.06. The van der Waals surface area contributed by atoms with Gasteiger partial charge < -0.3 is 5.32 Å². The second-order valence-electron chi connectivity index (χ2n) is 8.26. The van der Waals surface area contributed by atoms with Crippen LogP contribution in [0.1, 0.15) is 77.0 Å². The first kappa shape index (κ1) is 20.2. The Kier molecular flexibility index (Phi) is 6.63. The maximum Gasteiger partial charge on any atom is 0.0693 e. The van der Waals surface area contributed by atoms with E-state index in [0.717, 1.165) is 12.3 Å². The predicted molar refractivity (Wildman–Crippen MR) is 116 cm³/mol. The lowest BCUT2D eigenvalue weighted by Gasteiger charge is -2.32. The van der Waals surface area contributed by atoms with Gasteiger partial charge in [-0.15, -0.1) is 0 Å². The zero-order chi connectivity index (χ0) is 19.3. The van der Waals surface area contributed by atoms with E-state index < -0.39 is 0 Å². The Morgan fingerprint density at radius 2 is 1.42 bits per heavy atom. The van der Waals surface area contributed by atoms with Crippen molar-refractivity contribution >= 4 is 11.4 Å². The molecule has 0 unspecified atom stereocenters. The highest BCUT2D eigenvalue weighted by molar-refractivity contribution is 5.93. The number of hydrogen-bond acceptors (Lipinski definition) is 2. The largest absolute Gasteiger partial charge is 0.374 e. The molecule has 2 aromatic carbocycles. The van der Waals surface area contributed by atoms with Gasteiger partial charge in [0.15, 0.2) is 0 Å². The minimum atomic E-state index is -0.205. The van der Waals surface area contributed by atoms with Gasteiger partial charge in [-0.25, -0.2) is 0 Å². The Hall–Kier alpha value is -2.09. The van der Waals surface area contributed by atoms with Crippen LogP contribution in [0.3, 0.4) is 0 Å². The molecule has 140 valence electrons. The summed E-state index contributed by atoms with van der Waals surface area (Å²) in [5.41, 5.74) is 6.18. The van der Waals surface area contributed by atoms with Crippen molar-refractivity contribution in [3.05, 3.63) is 65.2 Å². The molecule has 2 rings (SSSR count). The molecule has 0 heterocycles. The zero-order valence-electron chi connectivity index (χ0n) is 17.4. The lowest BCUT2D eigenvalue weighted by molar-refractivity contribution is 0.732. The molecular weight excluding hydrogens is 316 g/mol. The highest BCUT2D eigenvalue weighted by atomic mass is 15.0. The standard InChI is InChI=1S/C24H34N2/c1-17(2)21-14-11-15-22(18(3)4)23(21)26-24(6,7)19(5)25-16-20-12-9-8-10-13-20/h8-15,17-18,26H,16H2,1-7H3/b25-19+. The summed E-state index contributed by atoms with van der Waals surface area (Å²) >= 11 is 0. The van der Waals surface area contributed by atoms with E-state index >= 15 is 0 Å². The predicted octanol–water partition coefficient (Wildman–Crippen LogP) is 6.79. The molecule has 0 amide bonds. The molecule has 0 radical (unpaired) electrons. The van der Waals surface area contributed by atoms with Crippen LogP contribution in [0.2, 0.25) is 0 Å². The summed E-state index contributed by atoms with van der Waals surface area (Å²) in [6, 6.07) is 17.1. The fourth-order valence-corrected chi connectivity index (χ4v) is 3.09. The Balaban J connectivity index is 2.30. The molecular formula is C24H34N2. The van der Waals surface area contributed by atoms with E-state index in [1.807, 2.05) is 6.07 Å². The van der Waals surface area contributed by atoms with Gasteiger partial charge in [-0.1, -0.05) is 76.2 Å². The van der Waals surface area contributed by atoms with Crippen molar-refractivity contribution in [1.82, 2.24) is 0 Å². The van der Waals surface area contributed by atoms with E-state index in [2.05, 4.69) is 96.2 Å². The van der Waals surface area contributed by atoms with Crippen LogP contribution in [0.15, 0.2) is 53.5 Å². The summed E-state index contributed by atoms with van der Waals surface area (Å²) in [5.74, 6) is 0.960. The number of hydrogen-bond donors (Lipinski definition) is 1. The van der Waals surface area contributed by atoms with E-state index in [0.29, 0.717) is 11.8 Å². The molecule has 0 spiro atoms. The summed E-state index contributed by atoms with van der Waals surface area (Å²) < 4.78 is 0. The summed E-state index contributed by atoms with van der Waals surface area (Å²) in [6.07, 6.45) is 0. The van der Waals surface area contributed by atoms with Gasteiger partial charge in [-0.3, -0.25) is 4.99 Å². The number of nitrogens with one attached hydrogen (secondary N) is 1. The molecule has 2 heteroatoms. The van der Waals surface area contributed by atoms with E-state index in [1.165, 1.54) is 22.4 Å². The number of aliphatic imine (C=N–C) groups is 1. The SMILES string of the molecule is C/C(=N\Cc1ccccc1)C(C)(C)Nc1c(C(C)C)cccc1C(C)C. The fraction of sp³-hybridized carbons (Fsp3) is 0.458. The molecule has 0 saturated heterocycles. The maximum absolute atomic E-state index is 4.87.